The van der Waals surface area contributed by atoms with Crippen molar-refractivity contribution >= 4 is 18.0 Å². The van der Waals surface area contributed by atoms with E-state index in [9.17, 15) is 19.8 Å². The number of carbonyl (C=O) groups excluding carboxylic acids is 1. The predicted octanol–water partition coefficient (Wildman–Crippen LogP) is 8.81. The van der Waals surface area contributed by atoms with Gasteiger partial charge in [0.25, 0.3) is 0 Å². The molecule has 0 heterocycles. The topological polar surface area (TPSA) is 83.8 Å². The van der Waals surface area contributed by atoms with E-state index < -0.39 is 11.4 Å². The number of allylic oxidation sites excluding steroid dienone is 2. The molecule has 4 saturated carbocycles. The van der Waals surface area contributed by atoms with Gasteiger partial charge in [-0.2, -0.15) is 0 Å². The molecular weight excluding hydrogens is 536 g/mol. The van der Waals surface area contributed by atoms with E-state index >= 15 is 0 Å². The van der Waals surface area contributed by atoms with Crippen LogP contribution in [0, 0.1) is 50.7 Å². The Morgan fingerprint density at radius 2 is 1.63 bits per heavy atom. The summed E-state index contributed by atoms with van der Waals surface area (Å²) in [7, 11) is 0. The fourth-order valence-corrected chi connectivity index (χ4v) is 11.9. The van der Waals surface area contributed by atoms with E-state index in [0.29, 0.717) is 17.8 Å². The van der Waals surface area contributed by atoms with E-state index in [1.54, 1.807) is 30.3 Å². The van der Waals surface area contributed by atoms with Crippen molar-refractivity contribution in [3.8, 4) is 5.75 Å². The lowest BCUT2D eigenvalue weighted by Gasteiger charge is -2.71. The molecule has 0 aliphatic heterocycles. The Hall–Kier alpha value is -2.56. The van der Waals surface area contributed by atoms with E-state index in [2.05, 4.69) is 47.6 Å². The van der Waals surface area contributed by atoms with Gasteiger partial charge in [0.15, 0.2) is 0 Å². The average Bonchev–Trinajstić information content (AvgIpc) is 2.94. The van der Waals surface area contributed by atoms with Gasteiger partial charge in [-0.3, -0.25) is 4.79 Å². The lowest BCUT2D eigenvalue weighted by Crippen LogP contribution is -2.65. The Morgan fingerprint density at radius 1 is 0.907 bits per heavy atom. The smallest absolute Gasteiger partial charge is 0.331 e. The van der Waals surface area contributed by atoms with Crippen molar-refractivity contribution in [3.63, 3.8) is 0 Å². The molecule has 6 rings (SSSR count). The molecule has 4 fully saturated rings. The highest BCUT2D eigenvalue weighted by Gasteiger charge is 2.69. The fourth-order valence-electron chi connectivity index (χ4n) is 11.9. The minimum absolute atomic E-state index is 0.0194. The zero-order valence-corrected chi connectivity index (χ0v) is 27.1. The average molecular weight is 589 g/mol. The van der Waals surface area contributed by atoms with Crippen molar-refractivity contribution in [2.24, 2.45) is 50.7 Å². The van der Waals surface area contributed by atoms with E-state index in [-0.39, 0.29) is 45.4 Å². The second-order valence-electron chi connectivity index (χ2n) is 16.3. The van der Waals surface area contributed by atoms with Gasteiger partial charge in [0.2, 0.25) is 0 Å². The number of ether oxygens (including phenoxy) is 1. The summed E-state index contributed by atoms with van der Waals surface area (Å²) in [4.78, 5) is 25.8. The van der Waals surface area contributed by atoms with Gasteiger partial charge in [-0.15, -0.1) is 0 Å². The minimum Gasteiger partial charge on any atom is -0.508 e. The summed E-state index contributed by atoms with van der Waals surface area (Å²) in [5.74, 6) is 0.862. The van der Waals surface area contributed by atoms with Gasteiger partial charge in [-0.25, -0.2) is 4.79 Å². The summed E-state index contributed by atoms with van der Waals surface area (Å²) in [5, 5.41) is 20.1. The van der Waals surface area contributed by atoms with Crippen molar-refractivity contribution in [2.75, 3.05) is 0 Å². The van der Waals surface area contributed by atoms with E-state index in [1.165, 1.54) is 11.6 Å². The molecule has 9 atom stereocenters. The SMILES string of the molecule is CC1CCCC2(C(=O)O)CC[C@]3(C)C(=CCC4C5(C)CCC(OC(=O)/C=C/c6ccc(O)cc6)C(C)(C)C5CCC43C)C12. The molecule has 2 N–H and O–H groups in total. The number of aromatic hydroxyl groups is 1. The third-order valence-electron chi connectivity index (χ3n) is 14.3. The largest absolute Gasteiger partial charge is 0.508 e. The molecule has 5 aliphatic rings. The highest BCUT2D eigenvalue weighted by atomic mass is 16.5. The third kappa shape index (κ3) is 4.37. The molecule has 43 heavy (non-hydrogen) atoms. The number of fused-ring (bicyclic) bond motifs is 7. The zero-order valence-electron chi connectivity index (χ0n) is 27.1. The molecule has 5 nitrogen and oxygen atoms in total. The van der Waals surface area contributed by atoms with Crippen molar-refractivity contribution in [1.29, 1.82) is 0 Å². The number of phenolic OH excluding ortho intramolecular Hbond substituents is 1. The molecule has 1 aromatic carbocycles. The first-order chi connectivity index (χ1) is 20.2. The normalized spacial score (nSPS) is 43.4. The number of hydrogen-bond donors (Lipinski definition) is 2. The number of benzene rings is 1. The highest BCUT2D eigenvalue weighted by Crippen LogP contribution is 2.75. The van der Waals surface area contributed by atoms with Crippen LogP contribution in [-0.4, -0.2) is 28.3 Å². The monoisotopic (exact) mass is 588 g/mol. The molecule has 5 heteroatoms. The number of phenols is 1. The minimum atomic E-state index is -0.589. The maximum absolute atomic E-state index is 13.0. The molecular formula is C38H52O5. The quantitative estimate of drug-likeness (QED) is 0.209. The first kappa shape index (κ1) is 30.5. The first-order valence-electron chi connectivity index (χ1n) is 16.8. The van der Waals surface area contributed by atoms with E-state index in [1.807, 2.05) is 0 Å². The Bertz CT molecular complexity index is 1340. The molecule has 1 aromatic rings. The van der Waals surface area contributed by atoms with Crippen LogP contribution in [0.2, 0.25) is 0 Å². The van der Waals surface area contributed by atoms with Crippen LogP contribution in [0.3, 0.4) is 0 Å². The maximum atomic E-state index is 13.0. The van der Waals surface area contributed by atoms with Gasteiger partial charge in [-0.05, 0) is 115 Å². The number of carboxylic acid groups (broad SMARTS) is 1. The molecule has 234 valence electrons. The van der Waals surface area contributed by atoms with E-state index in [4.69, 9.17) is 4.74 Å². The number of esters is 1. The van der Waals surface area contributed by atoms with E-state index in [0.717, 1.165) is 69.8 Å². The summed E-state index contributed by atoms with van der Waals surface area (Å²) >= 11 is 0. The molecule has 0 amide bonds. The van der Waals surface area contributed by atoms with Crippen LogP contribution in [0.1, 0.15) is 111 Å². The Kier molecular flexibility index (Phi) is 7.26. The van der Waals surface area contributed by atoms with Crippen LogP contribution in [-0.2, 0) is 14.3 Å². The van der Waals surface area contributed by atoms with Gasteiger partial charge in [-0.1, -0.05) is 78.2 Å². The second-order valence-corrected chi connectivity index (χ2v) is 16.3. The standard InChI is InChI=1S/C38H52O5/c1-24-8-7-19-38(33(41)42)23-22-36(5)27(32(24)38)14-15-29-35(4)20-18-30(34(2,3)28(35)17-21-37(29,36)6)43-31(40)16-11-25-9-12-26(39)13-10-25/h9-14,16,24,28-30,32,39H,7-8,15,17-23H2,1-6H3,(H,41,42)/b16-11+/t24?,28?,29?,30?,32?,35?,36-,37?,38?/m1/s1. The zero-order chi connectivity index (χ0) is 31.0. The second kappa shape index (κ2) is 10.2. The van der Waals surface area contributed by atoms with Gasteiger partial charge in [0, 0.05) is 11.5 Å². The molecule has 8 unspecified atom stereocenters. The molecule has 0 aromatic heterocycles. The highest BCUT2D eigenvalue weighted by molar-refractivity contribution is 5.87. The molecule has 0 saturated heterocycles. The van der Waals surface area contributed by atoms with Crippen LogP contribution in [0.15, 0.2) is 42.0 Å². The Labute approximate surface area is 258 Å². The predicted molar refractivity (Wildman–Crippen MR) is 169 cm³/mol. The number of carbonyl (C=O) groups is 2. The van der Waals surface area contributed by atoms with Crippen LogP contribution >= 0.6 is 0 Å². The lowest BCUT2D eigenvalue weighted by molar-refractivity contribution is -0.212. The summed E-state index contributed by atoms with van der Waals surface area (Å²) < 4.78 is 6.17. The van der Waals surface area contributed by atoms with Gasteiger partial charge in [0.05, 0.1) is 5.41 Å². The maximum Gasteiger partial charge on any atom is 0.331 e. The number of rotatable bonds is 4. The molecule has 0 spiro atoms. The van der Waals surface area contributed by atoms with Crippen LogP contribution < -0.4 is 0 Å². The molecule has 0 radical (unpaired) electrons. The Balaban J connectivity index is 1.26. The van der Waals surface area contributed by atoms with Crippen molar-refractivity contribution in [3.05, 3.63) is 47.6 Å². The number of carboxylic acids is 1. The molecule has 5 aliphatic carbocycles. The van der Waals surface area contributed by atoms with Crippen molar-refractivity contribution in [2.45, 2.75) is 112 Å². The third-order valence-corrected chi connectivity index (χ3v) is 14.3. The van der Waals surface area contributed by atoms with Crippen LogP contribution in [0.5, 0.6) is 5.75 Å². The Morgan fingerprint density at radius 3 is 2.33 bits per heavy atom. The van der Waals surface area contributed by atoms with Gasteiger partial charge in [0.1, 0.15) is 11.9 Å². The fraction of sp³-hybridized carbons (Fsp3) is 0.684. The van der Waals surface area contributed by atoms with Crippen molar-refractivity contribution in [1.82, 2.24) is 0 Å². The summed E-state index contributed by atoms with van der Waals surface area (Å²) in [6.45, 7) is 14.5. The first-order valence-corrected chi connectivity index (χ1v) is 16.8. The lowest BCUT2D eigenvalue weighted by atomic mass is 9.33. The summed E-state index contributed by atoms with van der Waals surface area (Å²) in [6, 6.07) is 6.79. The van der Waals surface area contributed by atoms with Crippen LogP contribution in [0.4, 0.5) is 0 Å². The summed E-state index contributed by atoms with van der Waals surface area (Å²) in [6.07, 6.45) is 15.6. The van der Waals surface area contributed by atoms with Gasteiger partial charge < -0.3 is 14.9 Å². The summed E-state index contributed by atoms with van der Waals surface area (Å²) in [5.41, 5.74) is 1.86. The van der Waals surface area contributed by atoms with Crippen LogP contribution in [0.25, 0.3) is 6.08 Å². The molecule has 0 bridgehead atoms. The van der Waals surface area contributed by atoms with Crippen molar-refractivity contribution < 1.29 is 24.5 Å². The van der Waals surface area contributed by atoms with Gasteiger partial charge >= 0.3 is 11.9 Å². The number of aliphatic carboxylic acids is 1. The number of hydrogen-bond acceptors (Lipinski definition) is 4.